The molecule has 2 N–H and O–H groups in total. The molecule has 3 nitrogen and oxygen atoms in total. The van der Waals surface area contributed by atoms with Crippen LogP contribution in [-0.2, 0) is 16.0 Å². The normalized spacial score (nSPS) is 9.87. The summed E-state index contributed by atoms with van der Waals surface area (Å²) in [6.07, 6.45) is 4.19. The molecule has 0 atom stereocenters. The highest BCUT2D eigenvalue weighted by molar-refractivity contribution is 5.39. The third kappa shape index (κ3) is 5.05. The Kier molecular flexibility index (Phi) is 5.30. The summed E-state index contributed by atoms with van der Waals surface area (Å²) in [7, 11) is 0. The van der Waals surface area contributed by atoms with Gasteiger partial charge in [0.15, 0.2) is 0 Å². The molecule has 0 heterocycles. The predicted octanol–water partition coefficient (Wildman–Crippen LogP) is 2.15. The van der Waals surface area contributed by atoms with Crippen molar-refractivity contribution in [2.45, 2.75) is 25.7 Å². The Bertz CT molecular complexity index is 282. The van der Waals surface area contributed by atoms with Crippen LogP contribution in [0, 0.1) is 0 Å². The van der Waals surface area contributed by atoms with Crippen LogP contribution in [-0.4, -0.2) is 13.1 Å². The molecule has 0 aliphatic rings. The van der Waals surface area contributed by atoms with Gasteiger partial charge in [0.1, 0.15) is 0 Å². The smallest absolute Gasteiger partial charge is 0.293 e. The van der Waals surface area contributed by atoms with Gasteiger partial charge in [-0.25, -0.2) is 0 Å². The Balaban J connectivity index is 2.09. The van der Waals surface area contributed by atoms with Crippen LogP contribution in [0.3, 0.4) is 0 Å². The van der Waals surface area contributed by atoms with Gasteiger partial charge in [0, 0.05) is 5.69 Å². The molecule has 1 aromatic carbocycles. The number of anilines is 1. The largest absolute Gasteiger partial charge is 0.468 e. The fourth-order valence-electron chi connectivity index (χ4n) is 1.42. The number of aryl methyl sites for hydroxylation is 1. The number of unbranched alkanes of at least 4 members (excludes halogenated alkanes) is 2. The highest BCUT2D eigenvalue weighted by Crippen LogP contribution is 2.09. The number of nitrogens with two attached hydrogens (primary N) is 1. The minimum Gasteiger partial charge on any atom is -0.468 e. The molecule has 82 valence electrons. The number of benzene rings is 1. The van der Waals surface area contributed by atoms with Crippen LogP contribution in [0.15, 0.2) is 24.3 Å². The van der Waals surface area contributed by atoms with Gasteiger partial charge in [-0.1, -0.05) is 12.1 Å². The standard InChI is InChI=1S/C12H17NO2/c13-12-7-5-11(6-8-12)4-2-1-3-9-15-10-14/h5-8,10H,1-4,9,13H2. The number of hydrogen-bond donors (Lipinski definition) is 1. The van der Waals surface area contributed by atoms with Crippen LogP contribution in [0.25, 0.3) is 0 Å². The first-order valence-electron chi connectivity index (χ1n) is 5.22. The molecular weight excluding hydrogens is 190 g/mol. The van der Waals surface area contributed by atoms with Crippen molar-refractivity contribution in [3.63, 3.8) is 0 Å². The lowest BCUT2D eigenvalue weighted by Gasteiger charge is -2.02. The average Bonchev–Trinajstić information content (AvgIpc) is 2.26. The van der Waals surface area contributed by atoms with E-state index in [9.17, 15) is 4.79 Å². The maximum absolute atomic E-state index is 9.86. The van der Waals surface area contributed by atoms with E-state index in [4.69, 9.17) is 5.73 Å². The number of ether oxygens (including phenoxy) is 1. The van der Waals surface area contributed by atoms with E-state index in [-0.39, 0.29) is 0 Å². The topological polar surface area (TPSA) is 52.3 Å². The second kappa shape index (κ2) is 6.87. The lowest BCUT2D eigenvalue weighted by atomic mass is 10.1. The molecule has 0 amide bonds. The fraction of sp³-hybridized carbons (Fsp3) is 0.417. The fourth-order valence-corrected chi connectivity index (χ4v) is 1.42. The molecule has 0 fully saturated rings. The van der Waals surface area contributed by atoms with Crippen LogP contribution >= 0.6 is 0 Å². The first-order chi connectivity index (χ1) is 7.33. The summed E-state index contributed by atoms with van der Waals surface area (Å²) in [6, 6.07) is 7.95. The Labute approximate surface area is 90.2 Å². The Morgan fingerprint density at radius 1 is 1.13 bits per heavy atom. The zero-order valence-corrected chi connectivity index (χ0v) is 8.82. The molecule has 0 bridgehead atoms. The maximum atomic E-state index is 9.86. The highest BCUT2D eigenvalue weighted by Gasteiger charge is 1.94. The molecule has 1 rings (SSSR count). The quantitative estimate of drug-likeness (QED) is 0.423. The van der Waals surface area contributed by atoms with E-state index in [1.807, 2.05) is 12.1 Å². The number of hydrogen-bond acceptors (Lipinski definition) is 3. The van der Waals surface area contributed by atoms with Crippen LogP contribution in [0.4, 0.5) is 5.69 Å². The Hall–Kier alpha value is -1.51. The number of carbonyl (C=O) groups is 1. The van der Waals surface area contributed by atoms with E-state index in [2.05, 4.69) is 16.9 Å². The Morgan fingerprint density at radius 3 is 2.53 bits per heavy atom. The van der Waals surface area contributed by atoms with Gasteiger partial charge in [-0.05, 0) is 43.4 Å². The molecule has 0 unspecified atom stereocenters. The van der Waals surface area contributed by atoms with Gasteiger partial charge in [-0.3, -0.25) is 4.79 Å². The zero-order valence-electron chi connectivity index (χ0n) is 8.82. The zero-order chi connectivity index (χ0) is 10.9. The second-order valence-corrected chi connectivity index (χ2v) is 3.52. The van der Waals surface area contributed by atoms with Crippen LogP contribution in [0.2, 0.25) is 0 Å². The minimum absolute atomic E-state index is 0.500. The highest BCUT2D eigenvalue weighted by atomic mass is 16.5. The molecular formula is C12H17NO2. The van der Waals surface area contributed by atoms with E-state index in [0.29, 0.717) is 13.1 Å². The lowest BCUT2D eigenvalue weighted by Crippen LogP contribution is -1.93. The summed E-state index contributed by atoms with van der Waals surface area (Å²) >= 11 is 0. The Morgan fingerprint density at radius 2 is 1.87 bits per heavy atom. The van der Waals surface area contributed by atoms with Crippen molar-refractivity contribution in [3.8, 4) is 0 Å². The van der Waals surface area contributed by atoms with Crippen molar-refractivity contribution >= 4 is 12.2 Å². The summed E-state index contributed by atoms with van der Waals surface area (Å²) in [5, 5.41) is 0. The van der Waals surface area contributed by atoms with E-state index in [0.717, 1.165) is 31.4 Å². The molecule has 0 saturated heterocycles. The van der Waals surface area contributed by atoms with E-state index < -0.39 is 0 Å². The van der Waals surface area contributed by atoms with Crippen molar-refractivity contribution in [3.05, 3.63) is 29.8 Å². The molecule has 1 aromatic rings. The van der Waals surface area contributed by atoms with Crippen molar-refractivity contribution in [1.82, 2.24) is 0 Å². The number of nitrogen functional groups attached to an aromatic ring is 1. The number of rotatable bonds is 7. The van der Waals surface area contributed by atoms with Gasteiger partial charge >= 0.3 is 0 Å². The molecule has 0 aliphatic heterocycles. The van der Waals surface area contributed by atoms with Crippen molar-refractivity contribution in [1.29, 1.82) is 0 Å². The van der Waals surface area contributed by atoms with E-state index >= 15 is 0 Å². The van der Waals surface area contributed by atoms with E-state index in [1.165, 1.54) is 5.56 Å². The number of carbonyl (C=O) groups excluding carboxylic acids is 1. The summed E-state index contributed by atoms with van der Waals surface area (Å²) in [6.45, 7) is 1.03. The van der Waals surface area contributed by atoms with Crippen molar-refractivity contribution in [2.75, 3.05) is 12.3 Å². The van der Waals surface area contributed by atoms with E-state index in [1.54, 1.807) is 0 Å². The minimum atomic E-state index is 0.500. The summed E-state index contributed by atoms with van der Waals surface area (Å²) < 4.78 is 4.60. The molecule has 3 heteroatoms. The van der Waals surface area contributed by atoms with Crippen LogP contribution < -0.4 is 5.73 Å². The van der Waals surface area contributed by atoms with Gasteiger partial charge < -0.3 is 10.5 Å². The predicted molar refractivity (Wildman–Crippen MR) is 60.4 cm³/mol. The van der Waals surface area contributed by atoms with Gasteiger partial charge in [-0.2, -0.15) is 0 Å². The summed E-state index contributed by atoms with van der Waals surface area (Å²) in [5.41, 5.74) is 7.70. The molecule has 15 heavy (non-hydrogen) atoms. The van der Waals surface area contributed by atoms with Crippen LogP contribution in [0.5, 0.6) is 0 Å². The second-order valence-electron chi connectivity index (χ2n) is 3.52. The van der Waals surface area contributed by atoms with Crippen molar-refractivity contribution < 1.29 is 9.53 Å². The third-order valence-electron chi connectivity index (χ3n) is 2.28. The molecule has 0 aromatic heterocycles. The first-order valence-corrected chi connectivity index (χ1v) is 5.22. The third-order valence-corrected chi connectivity index (χ3v) is 2.28. The van der Waals surface area contributed by atoms with Gasteiger partial charge in [0.25, 0.3) is 6.47 Å². The lowest BCUT2D eigenvalue weighted by molar-refractivity contribution is -0.128. The molecule has 0 radical (unpaired) electrons. The van der Waals surface area contributed by atoms with Gasteiger partial charge in [-0.15, -0.1) is 0 Å². The molecule has 0 spiro atoms. The van der Waals surface area contributed by atoms with Crippen LogP contribution in [0.1, 0.15) is 24.8 Å². The summed E-state index contributed by atoms with van der Waals surface area (Å²) in [4.78, 5) is 9.86. The molecule has 0 saturated carbocycles. The maximum Gasteiger partial charge on any atom is 0.293 e. The SMILES string of the molecule is Nc1ccc(CCCCCOC=O)cc1. The average molecular weight is 207 g/mol. The van der Waals surface area contributed by atoms with Gasteiger partial charge in [0.2, 0.25) is 0 Å². The first kappa shape index (κ1) is 11.6. The van der Waals surface area contributed by atoms with Gasteiger partial charge in [0.05, 0.1) is 6.61 Å². The van der Waals surface area contributed by atoms with Crippen molar-refractivity contribution in [2.24, 2.45) is 0 Å². The summed E-state index contributed by atoms with van der Waals surface area (Å²) in [5.74, 6) is 0. The monoisotopic (exact) mass is 207 g/mol. The molecule has 0 aliphatic carbocycles.